The largest absolute Gasteiger partial charge is 0.489 e. The van der Waals surface area contributed by atoms with Gasteiger partial charge in [0.05, 0.1) is 5.56 Å². The fraction of sp³-hybridized carbons (Fsp3) is 0.333. The Kier molecular flexibility index (Phi) is 2.87. The Bertz CT molecular complexity index is 477. The molecule has 0 atom stereocenters. The van der Waals surface area contributed by atoms with Gasteiger partial charge >= 0.3 is 6.18 Å². The molecule has 1 heterocycles. The van der Waals surface area contributed by atoms with Crippen LogP contribution in [0.15, 0.2) is 23.8 Å². The summed E-state index contributed by atoms with van der Waals surface area (Å²) in [7, 11) is 0. The zero-order chi connectivity index (χ0) is 12.6. The first-order chi connectivity index (χ1) is 7.93. The molecule has 5 heteroatoms. The van der Waals surface area contributed by atoms with Gasteiger partial charge in [-0.1, -0.05) is 6.07 Å². The van der Waals surface area contributed by atoms with Crippen LogP contribution >= 0.6 is 0 Å². The Balaban J connectivity index is 2.48. The third-order valence-electron chi connectivity index (χ3n) is 2.89. The molecule has 1 aromatic rings. The minimum absolute atomic E-state index is 0.261. The van der Waals surface area contributed by atoms with Crippen LogP contribution in [0.25, 0.3) is 5.57 Å². The lowest BCUT2D eigenvalue weighted by Gasteiger charge is -2.22. The third kappa shape index (κ3) is 2.15. The maximum absolute atomic E-state index is 12.5. The molecule has 1 aliphatic heterocycles. The fourth-order valence-corrected chi connectivity index (χ4v) is 1.80. The smallest absolute Gasteiger partial charge is 0.416 e. The fourth-order valence-electron chi connectivity index (χ4n) is 1.80. The normalized spacial score (nSPS) is 15.6. The van der Waals surface area contributed by atoms with Gasteiger partial charge in [-0.15, -0.1) is 0 Å². The number of alkyl halides is 3. The molecule has 2 rings (SSSR count). The second-order valence-corrected chi connectivity index (χ2v) is 3.93. The summed E-state index contributed by atoms with van der Waals surface area (Å²) in [6, 6.07) is 3.53. The maximum atomic E-state index is 12.5. The molecule has 0 unspecified atom stereocenters. The molecule has 0 saturated carbocycles. The van der Waals surface area contributed by atoms with Crippen LogP contribution < -0.4 is 10.5 Å². The second-order valence-electron chi connectivity index (χ2n) is 3.93. The van der Waals surface area contributed by atoms with E-state index in [9.17, 15) is 13.2 Å². The number of ether oxygens (including phenoxy) is 1. The van der Waals surface area contributed by atoms with Crippen molar-refractivity contribution < 1.29 is 17.9 Å². The van der Waals surface area contributed by atoms with E-state index in [-0.39, 0.29) is 12.4 Å². The van der Waals surface area contributed by atoms with E-state index in [2.05, 4.69) is 0 Å². The molecule has 17 heavy (non-hydrogen) atoms. The summed E-state index contributed by atoms with van der Waals surface area (Å²) in [5.41, 5.74) is 7.34. The predicted molar refractivity (Wildman–Crippen MR) is 58.6 cm³/mol. The lowest BCUT2D eigenvalue weighted by Crippen LogP contribution is -2.17. The van der Waals surface area contributed by atoms with Gasteiger partial charge < -0.3 is 10.5 Å². The molecule has 0 aromatic heterocycles. The van der Waals surface area contributed by atoms with Gasteiger partial charge in [0.1, 0.15) is 12.4 Å². The van der Waals surface area contributed by atoms with Gasteiger partial charge in [-0.2, -0.15) is 13.2 Å². The average molecular weight is 243 g/mol. The summed E-state index contributed by atoms with van der Waals surface area (Å²) in [6.45, 7) is 2.46. The number of hydrogen-bond acceptors (Lipinski definition) is 2. The second kappa shape index (κ2) is 4.07. The van der Waals surface area contributed by atoms with Crippen LogP contribution in [0.3, 0.4) is 0 Å². The van der Waals surface area contributed by atoms with Crippen molar-refractivity contribution in [1.82, 2.24) is 0 Å². The molecule has 0 fully saturated rings. The molecule has 0 radical (unpaired) electrons. The van der Waals surface area contributed by atoms with Crippen molar-refractivity contribution in [1.29, 1.82) is 0 Å². The van der Waals surface area contributed by atoms with Crippen LogP contribution in [0.1, 0.15) is 18.1 Å². The topological polar surface area (TPSA) is 35.2 Å². The van der Waals surface area contributed by atoms with Crippen LogP contribution in [0.5, 0.6) is 5.75 Å². The number of fused-ring (bicyclic) bond motifs is 1. The highest BCUT2D eigenvalue weighted by molar-refractivity contribution is 5.74. The van der Waals surface area contributed by atoms with Crippen LogP contribution in [0, 0.1) is 0 Å². The van der Waals surface area contributed by atoms with Crippen molar-refractivity contribution >= 4 is 5.57 Å². The molecule has 2 nitrogen and oxygen atoms in total. The lowest BCUT2D eigenvalue weighted by atomic mass is 9.97. The van der Waals surface area contributed by atoms with E-state index in [0.717, 1.165) is 23.3 Å². The van der Waals surface area contributed by atoms with Crippen molar-refractivity contribution in [3.8, 4) is 5.75 Å². The van der Waals surface area contributed by atoms with Crippen molar-refractivity contribution in [2.45, 2.75) is 13.1 Å². The summed E-state index contributed by atoms with van der Waals surface area (Å²) < 4.78 is 42.8. The molecule has 2 N–H and O–H groups in total. The molecule has 0 amide bonds. The summed E-state index contributed by atoms with van der Waals surface area (Å²) >= 11 is 0. The quantitative estimate of drug-likeness (QED) is 0.823. The third-order valence-corrected chi connectivity index (χ3v) is 2.89. The maximum Gasteiger partial charge on any atom is 0.416 e. The van der Waals surface area contributed by atoms with Gasteiger partial charge in [0.25, 0.3) is 0 Å². The summed E-state index contributed by atoms with van der Waals surface area (Å²) in [5, 5.41) is 0. The highest BCUT2D eigenvalue weighted by atomic mass is 19.4. The number of halogens is 3. The minimum atomic E-state index is -4.34. The average Bonchev–Trinajstić information content (AvgIpc) is 2.28. The van der Waals surface area contributed by atoms with E-state index in [4.69, 9.17) is 10.5 Å². The number of hydrogen-bond donors (Lipinski definition) is 1. The monoisotopic (exact) mass is 243 g/mol. The Morgan fingerprint density at radius 3 is 2.65 bits per heavy atom. The molecule has 0 bridgehead atoms. The summed E-state index contributed by atoms with van der Waals surface area (Å²) in [4.78, 5) is 0. The first kappa shape index (κ1) is 12.0. The molecule has 92 valence electrons. The zero-order valence-electron chi connectivity index (χ0n) is 9.27. The standard InChI is InChI=1S/C12H12F3NO/c1-7-8(5-16)6-17-11-4-9(12(13,14)15)2-3-10(7)11/h2-4H,5-6,16H2,1H3. The lowest BCUT2D eigenvalue weighted by molar-refractivity contribution is -0.137. The predicted octanol–water partition coefficient (Wildman–Crippen LogP) is 2.83. The Labute approximate surface area is 96.9 Å². The van der Waals surface area contributed by atoms with Gasteiger partial charge in [-0.3, -0.25) is 0 Å². The van der Waals surface area contributed by atoms with Crippen LogP contribution in [0.2, 0.25) is 0 Å². The van der Waals surface area contributed by atoms with Gasteiger partial charge in [-0.05, 0) is 30.2 Å². The van der Waals surface area contributed by atoms with Crippen LogP contribution in [-0.2, 0) is 6.18 Å². The van der Waals surface area contributed by atoms with E-state index in [1.165, 1.54) is 6.07 Å². The Morgan fingerprint density at radius 2 is 2.06 bits per heavy atom. The first-order valence-corrected chi connectivity index (χ1v) is 5.16. The molecule has 0 aliphatic carbocycles. The highest BCUT2D eigenvalue weighted by Gasteiger charge is 2.32. The molecular weight excluding hydrogens is 231 g/mol. The number of benzene rings is 1. The van der Waals surface area contributed by atoms with E-state index in [1.54, 1.807) is 0 Å². The van der Waals surface area contributed by atoms with Gasteiger partial charge in [0.15, 0.2) is 0 Å². The zero-order valence-corrected chi connectivity index (χ0v) is 9.27. The van der Waals surface area contributed by atoms with E-state index < -0.39 is 11.7 Å². The van der Waals surface area contributed by atoms with Crippen molar-refractivity contribution in [2.75, 3.05) is 13.2 Å². The number of nitrogens with two attached hydrogens (primary N) is 1. The SMILES string of the molecule is CC1=C(CN)COc2cc(C(F)(F)F)ccc21. The Morgan fingerprint density at radius 1 is 1.35 bits per heavy atom. The van der Waals surface area contributed by atoms with Crippen molar-refractivity contribution in [3.05, 3.63) is 34.9 Å². The van der Waals surface area contributed by atoms with Crippen molar-refractivity contribution in [3.63, 3.8) is 0 Å². The van der Waals surface area contributed by atoms with E-state index in [1.807, 2.05) is 6.92 Å². The number of rotatable bonds is 1. The minimum Gasteiger partial charge on any atom is -0.489 e. The van der Waals surface area contributed by atoms with Gasteiger partial charge in [-0.25, -0.2) is 0 Å². The van der Waals surface area contributed by atoms with Crippen LogP contribution in [-0.4, -0.2) is 13.2 Å². The molecule has 1 aromatic carbocycles. The highest BCUT2D eigenvalue weighted by Crippen LogP contribution is 2.37. The van der Waals surface area contributed by atoms with Crippen molar-refractivity contribution in [2.24, 2.45) is 5.73 Å². The first-order valence-electron chi connectivity index (χ1n) is 5.16. The molecular formula is C12H12F3NO. The summed E-state index contributed by atoms with van der Waals surface area (Å²) in [5.74, 6) is 0.273. The van der Waals surface area contributed by atoms with E-state index in [0.29, 0.717) is 12.1 Å². The molecule has 0 spiro atoms. The van der Waals surface area contributed by atoms with Gasteiger partial charge in [0.2, 0.25) is 0 Å². The van der Waals surface area contributed by atoms with E-state index >= 15 is 0 Å². The number of allylic oxidation sites excluding steroid dienone is 1. The molecule has 1 aliphatic rings. The van der Waals surface area contributed by atoms with Gasteiger partial charge in [0, 0.05) is 12.1 Å². The molecule has 0 saturated heterocycles. The summed E-state index contributed by atoms with van der Waals surface area (Å²) in [6.07, 6.45) is -4.34. The van der Waals surface area contributed by atoms with Crippen LogP contribution in [0.4, 0.5) is 13.2 Å². The Hall–Kier alpha value is -1.49.